The van der Waals surface area contributed by atoms with Gasteiger partial charge in [-0.3, -0.25) is 0 Å². The summed E-state index contributed by atoms with van der Waals surface area (Å²) in [4.78, 5) is 9.53. The van der Waals surface area contributed by atoms with Gasteiger partial charge >= 0.3 is 85.5 Å². The summed E-state index contributed by atoms with van der Waals surface area (Å²) in [6.07, 6.45) is 2.47. The molecule has 0 saturated heterocycles. The number of hydrogen-bond acceptors (Lipinski definition) is 5. The van der Waals surface area contributed by atoms with Gasteiger partial charge in [-0.05, 0) is 6.92 Å². The van der Waals surface area contributed by atoms with Crippen LogP contribution in [0.5, 0.6) is 0 Å². The number of aliphatic hydroxyl groups is 1. The summed E-state index contributed by atoms with van der Waals surface area (Å²) in [7, 11) is 29.7. The molecule has 0 saturated carbocycles. The van der Waals surface area contributed by atoms with Crippen LogP contribution in [-0.2, 0) is 43.4 Å². The number of halogens is 7. The quantitative estimate of drug-likeness (QED) is 0.363. The van der Waals surface area contributed by atoms with Crippen molar-refractivity contribution in [2.24, 2.45) is 0 Å². The molecule has 0 amide bonds. The summed E-state index contributed by atoms with van der Waals surface area (Å²) in [6, 6.07) is 0. The van der Waals surface area contributed by atoms with E-state index < -0.39 is 30.4 Å². The Morgan fingerprint density at radius 3 is 2.11 bits per heavy atom. The van der Waals surface area contributed by atoms with Gasteiger partial charge in [-0.15, -0.1) is 0 Å². The second-order valence-electron chi connectivity index (χ2n) is 4.42. The number of nitrogens with zero attached hydrogens (tertiary/aromatic N) is 3. The number of aryl methyl sites for hydroxylation is 1. The average Bonchev–Trinajstić information content (AvgIpc) is 2.82. The fraction of sp³-hybridized carbons (Fsp3) is 0.417. The first-order valence-corrected chi connectivity index (χ1v) is 23.4. The number of aliphatic hydroxyl groups excluding tert-OH is 1. The van der Waals surface area contributed by atoms with Gasteiger partial charge in [0.25, 0.3) is 0 Å². The molecule has 0 aliphatic rings. The summed E-state index contributed by atoms with van der Waals surface area (Å²) >= 11 is -1.92. The van der Waals surface area contributed by atoms with Crippen LogP contribution in [0.15, 0.2) is 11.7 Å². The van der Waals surface area contributed by atoms with Gasteiger partial charge in [0.05, 0.1) is 10.4 Å². The summed E-state index contributed by atoms with van der Waals surface area (Å²) in [6.45, 7) is 4.71. The summed E-state index contributed by atoms with van der Waals surface area (Å²) in [5.41, 5.74) is 10.0. The van der Waals surface area contributed by atoms with E-state index in [9.17, 15) is 0 Å². The van der Waals surface area contributed by atoms with Crippen molar-refractivity contribution in [1.82, 2.24) is 9.97 Å². The molecule has 0 aromatic carbocycles. The molecule has 15 heteroatoms. The van der Waals surface area contributed by atoms with Crippen molar-refractivity contribution >= 4 is 72.3 Å². The molecule has 0 bridgehead atoms. The van der Waals surface area contributed by atoms with Crippen LogP contribution in [0.25, 0.3) is 0 Å². The maximum absolute atomic E-state index is 8.98. The second kappa shape index (κ2) is 17.6. The van der Waals surface area contributed by atoms with E-state index in [-0.39, 0.29) is 19.0 Å². The molecule has 3 N–H and O–H groups in total. The van der Waals surface area contributed by atoms with E-state index in [1.54, 1.807) is 17.5 Å². The van der Waals surface area contributed by atoms with Crippen molar-refractivity contribution in [1.29, 1.82) is 0 Å². The molecule has 2 aromatic rings. The van der Waals surface area contributed by atoms with Crippen molar-refractivity contribution in [3.63, 3.8) is 0 Å². The second-order valence-corrected chi connectivity index (χ2v) is 24.1. The summed E-state index contributed by atoms with van der Waals surface area (Å²) < 4.78 is 2.11. The van der Waals surface area contributed by atoms with Crippen LogP contribution in [0.4, 0.5) is 5.82 Å². The predicted octanol–water partition coefficient (Wildman–Crippen LogP) is 1.74. The Bertz CT molecular complexity index is 655. The van der Waals surface area contributed by atoms with Crippen LogP contribution in [0.2, 0.25) is 0 Å². The molecule has 0 aliphatic heterocycles. The summed E-state index contributed by atoms with van der Waals surface area (Å²) in [5, 5.41) is 8.98. The van der Waals surface area contributed by atoms with Crippen LogP contribution in [0.3, 0.4) is 0 Å². The first-order chi connectivity index (χ1) is 12.1. The molecule has 0 aliphatic carbocycles. The minimum absolute atomic E-state index is 0. The van der Waals surface area contributed by atoms with Crippen LogP contribution in [0, 0.1) is 13.8 Å². The Labute approximate surface area is 205 Å². The van der Waals surface area contributed by atoms with Gasteiger partial charge in [0, 0.05) is 26.1 Å². The maximum atomic E-state index is 8.98. The van der Waals surface area contributed by atoms with Gasteiger partial charge in [-0.1, -0.05) is 11.3 Å². The third kappa shape index (κ3) is 15.4. The van der Waals surface area contributed by atoms with E-state index in [1.165, 1.54) is 4.88 Å². The van der Waals surface area contributed by atoms with Crippen molar-refractivity contribution in [2.45, 2.75) is 26.8 Å². The van der Waals surface area contributed by atoms with E-state index in [1.807, 2.05) is 19.4 Å². The number of hydrogen-bond donors (Lipinski definition) is 2. The standard InChI is InChI=1S/C12H17N4OS.2Au.7ClH/c1-8-11(3-4-17)18-7-16(8)6-10-5-14-9(2)15-12(10)13;;;;;;;;;/h5,7,17H,3-4,6H2,1-2H3,(H2,13,14,15);;;7*1H/q+1;2*+3;;;;;;;/p-7. The van der Waals surface area contributed by atoms with E-state index in [4.69, 9.17) is 66.0 Å². The van der Waals surface area contributed by atoms with Crippen molar-refractivity contribution in [3.05, 3.63) is 33.7 Å². The number of anilines is 1. The fourth-order valence-corrected chi connectivity index (χ4v) is 2.75. The summed E-state index contributed by atoms with van der Waals surface area (Å²) in [5.74, 6) is 1.22. The molecule has 168 valence electrons. The number of aromatic nitrogens is 3. The monoisotopic (exact) mass is 904 g/mol. The molecule has 2 aromatic heterocycles. The zero-order valence-corrected chi connectivity index (χ0v) is 24.2. The topological polar surface area (TPSA) is 75.9 Å². The van der Waals surface area contributed by atoms with E-state index >= 15 is 0 Å². The molecule has 2 heterocycles. The molecule has 0 spiro atoms. The van der Waals surface area contributed by atoms with Crippen LogP contribution < -0.4 is 22.7 Å². The third-order valence-corrected chi connectivity index (χ3v) is 4.00. The van der Waals surface area contributed by atoms with Crippen LogP contribution in [0.1, 0.15) is 22.0 Å². The first kappa shape index (κ1) is 31.2. The first-order valence-electron chi connectivity index (χ1n) is 6.45. The van der Waals surface area contributed by atoms with E-state index in [0.717, 1.165) is 11.3 Å². The number of rotatable bonds is 4. The molecule has 0 fully saturated rings. The number of nitrogen functional groups attached to an aromatic ring is 1. The van der Waals surface area contributed by atoms with Gasteiger partial charge in [-0.25, -0.2) is 9.97 Å². The van der Waals surface area contributed by atoms with Gasteiger partial charge < -0.3 is 23.2 Å². The molecule has 0 atom stereocenters. The normalized spacial score (nSPS) is 10.6. The van der Waals surface area contributed by atoms with Crippen LogP contribution >= 0.6 is 66.5 Å². The van der Waals surface area contributed by atoms with E-state index in [2.05, 4.69) is 14.5 Å². The fourth-order valence-electron chi connectivity index (χ4n) is 1.77. The Balaban J connectivity index is 0. The van der Waals surface area contributed by atoms with Crippen molar-refractivity contribution in [3.8, 4) is 0 Å². The Hall–Kier alpha value is 1.98. The Morgan fingerprint density at radius 1 is 1.15 bits per heavy atom. The third-order valence-electron chi connectivity index (χ3n) is 2.85. The van der Waals surface area contributed by atoms with Gasteiger partial charge in [-0.2, -0.15) is 4.57 Å². The molecular weight excluding hydrogens is 890 g/mol. The molecule has 0 radical (unpaired) electrons. The van der Waals surface area contributed by atoms with Crippen LogP contribution in [-0.4, -0.2) is 21.7 Å². The molecule has 27 heavy (non-hydrogen) atoms. The van der Waals surface area contributed by atoms with E-state index in [0.29, 0.717) is 24.6 Å². The molecule has 5 nitrogen and oxygen atoms in total. The van der Waals surface area contributed by atoms with Gasteiger partial charge in [0.2, 0.25) is 5.51 Å². The van der Waals surface area contributed by atoms with Crippen molar-refractivity contribution < 1.29 is 52.5 Å². The number of nitrogens with two attached hydrogens (primary N) is 1. The SMILES string of the molecule is Cc1ncc(C[n+]2csc(CCO)c2C)c(N)n1.[Cl-].[Cl][Au]([Cl])[Cl].[Cl][Au]([Cl])[Cl]. The number of thiazole rings is 1. The Kier molecular flexibility index (Phi) is 20.4. The van der Waals surface area contributed by atoms with Gasteiger partial charge in [0.15, 0.2) is 12.2 Å². The minimum atomic E-state index is -1.79. The average molecular weight is 907 g/mol. The molecule has 0 unspecified atom stereocenters. The Morgan fingerprint density at radius 2 is 1.67 bits per heavy atom. The zero-order valence-electron chi connectivity index (χ0n) is 13.8. The van der Waals surface area contributed by atoms with Gasteiger partial charge in [0.1, 0.15) is 11.6 Å². The zero-order chi connectivity index (χ0) is 20.3. The predicted molar refractivity (Wildman–Crippen MR) is 105 cm³/mol. The molecular formula is C12H17Au2Cl7N4OS. The molecule has 2 rings (SSSR count). The van der Waals surface area contributed by atoms with Crippen molar-refractivity contribution in [2.75, 3.05) is 12.3 Å².